The van der Waals surface area contributed by atoms with Crippen molar-refractivity contribution in [2.75, 3.05) is 6.61 Å². The molecule has 1 nitrogen and oxygen atoms in total. The Hall–Kier alpha value is -0.300. The van der Waals surface area contributed by atoms with Crippen LogP contribution in [0, 0.1) is 16.7 Å². The van der Waals surface area contributed by atoms with Crippen LogP contribution in [0.5, 0.6) is 0 Å². The molecule has 0 aromatic heterocycles. The van der Waals surface area contributed by atoms with Crippen LogP contribution in [0.3, 0.4) is 0 Å². The maximum absolute atomic E-state index is 9.23. The van der Waals surface area contributed by atoms with Gasteiger partial charge in [0.1, 0.15) is 0 Å². The Morgan fingerprint density at radius 1 is 1.45 bits per heavy atom. The fourth-order valence-corrected chi connectivity index (χ4v) is 2.09. The minimum atomic E-state index is 0.0457. The predicted molar refractivity (Wildman–Crippen MR) is 47.3 cm³/mol. The van der Waals surface area contributed by atoms with Crippen LogP contribution in [0.15, 0.2) is 12.2 Å². The summed E-state index contributed by atoms with van der Waals surface area (Å²) in [5, 5.41) is 9.23. The second-order valence-electron chi connectivity index (χ2n) is 4.45. The molecule has 64 valence electrons. The van der Waals surface area contributed by atoms with E-state index in [-0.39, 0.29) is 17.4 Å². The molecular weight excluding hydrogens is 136 g/mol. The Morgan fingerprint density at radius 2 is 1.91 bits per heavy atom. The van der Waals surface area contributed by atoms with Crippen LogP contribution in [0.25, 0.3) is 0 Å². The Balaban J connectivity index is 2.93. The SMILES string of the molecule is C=C1C(C)C(C)(CO)C1(C)C. The molecule has 0 aromatic carbocycles. The van der Waals surface area contributed by atoms with Gasteiger partial charge in [-0.2, -0.15) is 0 Å². The van der Waals surface area contributed by atoms with Crippen LogP contribution < -0.4 is 0 Å². The molecule has 2 atom stereocenters. The van der Waals surface area contributed by atoms with Gasteiger partial charge in [0.2, 0.25) is 0 Å². The Kier molecular flexibility index (Phi) is 1.68. The third-order valence-corrected chi connectivity index (χ3v) is 4.04. The minimum Gasteiger partial charge on any atom is -0.396 e. The summed E-state index contributed by atoms with van der Waals surface area (Å²) >= 11 is 0. The molecule has 1 saturated carbocycles. The third-order valence-electron chi connectivity index (χ3n) is 4.04. The van der Waals surface area contributed by atoms with E-state index in [0.29, 0.717) is 5.92 Å². The van der Waals surface area contributed by atoms with E-state index in [4.69, 9.17) is 0 Å². The molecule has 1 aliphatic rings. The van der Waals surface area contributed by atoms with Crippen molar-refractivity contribution in [3.8, 4) is 0 Å². The average molecular weight is 154 g/mol. The van der Waals surface area contributed by atoms with Crippen LogP contribution in [-0.4, -0.2) is 11.7 Å². The molecular formula is C10H18O. The molecule has 2 unspecified atom stereocenters. The van der Waals surface area contributed by atoms with E-state index < -0.39 is 0 Å². The van der Waals surface area contributed by atoms with Gasteiger partial charge in [-0.15, -0.1) is 0 Å². The van der Waals surface area contributed by atoms with Crippen LogP contribution in [-0.2, 0) is 0 Å². The predicted octanol–water partition coefficient (Wildman–Crippen LogP) is 2.22. The van der Waals surface area contributed by atoms with E-state index >= 15 is 0 Å². The standard InChI is InChI=1S/C10H18O/c1-7-8(2)10(5,6-11)9(7,3)4/h8,11H,1,6H2,2-5H3. The van der Waals surface area contributed by atoms with E-state index in [1.54, 1.807) is 0 Å². The van der Waals surface area contributed by atoms with Gasteiger partial charge < -0.3 is 5.11 Å². The molecule has 0 radical (unpaired) electrons. The van der Waals surface area contributed by atoms with Crippen molar-refractivity contribution < 1.29 is 5.11 Å². The van der Waals surface area contributed by atoms with Crippen LogP contribution in [0.1, 0.15) is 27.7 Å². The van der Waals surface area contributed by atoms with Gasteiger partial charge in [0.05, 0.1) is 0 Å². The number of allylic oxidation sites excluding steroid dienone is 1. The molecule has 0 aromatic rings. The number of aliphatic hydroxyl groups is 1. The van der Waals surface area contributed by atoms with Gasteiger partial charge in [-0.1, -0.05) is 39.8 Å². The van der Waals surface area contributed by atoms with E-state index in [1.807, 2.05) is 0 Å². The third kappa shape index (κ3) is 0.750. The zero-order valence-corrected chi connectivity index (χ0v) is 7.94. The topological polar surface area (TPSA) is 20.2 Å². The lowest BCUT2D eigenvalue weighted by atomic mass is 9.44. The smallest absolute Gasteiger partial charge is 0.0498 e. The first-order valence-corrected chi connectivity index (χ1v) is 4.18. The summed E-state index contributed by atoms with van der Waals surface area (Å²) in [5.41, 5.74) is 1.43. The van der Waals surface area contributed by atoms with Gasteiger partial charge in [0.15, 0.2) is 0 Å². The van der Waals surface area contributed by atoms with Gasteiger partial charge in [-0.05, 0) is 11.3 Å². The molecule has 0 heterocycles. The molecule has 0 spiro atoms. The highest BCUT2D eigenvalue weighted by Gasteiger charge is 2.57. The summed E-state index contributed by atoms with van der Waals surface area (Å²) < 4.78 is 0. The molecule has 1 aliphatic carbocycles. The monoisotopic (exact) mass is 154 g/mol. The zero-order valence-electron chi connectivity index (χ0n) is 7.94. The van der Waals surface area contributed by atoms with Crippen molar-refractivity contribution in [2.45, 2.75) is 27.7 Å². The van der Waals surface area contributed by atoms with Gasteiger partial charge >= 0.3 is 0 Å². The van der Waals surface area contributed by atoms with Crippen LogP contribution >= 0.6 is 0 Å². The molecule has 0 aliphatic heterocycles. The summed E-state index contributed by atoms with van der Waals surface area (Å²) in [4.78, 5) is 0. The van der Waals surface area contributed by atoms with E-state index in [2.05, 4.69) is 34.3 Å². The van der Waals surface area contributed by atoms with E-state index in [9.17, 15) is 5.11 Å². The maximum Gasteiger partial charge on any atom is 0.0498 e. The summed E-state index contributed by atoms with van der Waals surface area (Å²) in [5.74, 6) is 0.461. The summed E-state index contributed by atoms with van der Waals surface area (Å²) in [6, 6.07) is 0. The molecule has 1 rings (SSSR count). The van der Waals surface area contributed by atoms with Gasteiger partial charge in [-0.3, -0.25) is 0 Å². The quantitative estimate of drug-likeness (QED) is 0.574. The number of aliphatic hydroxyl groups excluding tert-OH is 1. The molecule has 1 N–H and O–H groups in total. The number of rotatable bonds is 1. The first kappa shape index (κ1) is 8.79. The van der Waals surface area contributed by atoms with Crippen molar-refractivity contribution in [3.63, 3.8) is 0 Å². The molecule has 1 heteroatoms. The first-order chi connectivity index (χ1) is 4.88. The van der Waals surface area contributed by atoms with Crippen molar-refractivity contribution in [1.82, 2.24) is 0 Å². The summed E-state index contributed by atoms with van der Waals surface area (Å²) in [6.07, 6.45) is 0. The van der Waals surface area contributed by atoms with Crippen molar-refractivity contribution >= 4 is 0 Å². The summed E-state index contributed by atoms with van der Waals surface area (Å²) in [6.45, 7) is 12.9. The molecule has 0 amide bonds. The lowest BCUT2D eigenvalue weighted by molar-refractivity contribution is -0.0652. The normalized spacial score (nSPS) is 41.9. The van der Waals surface area contributed by atoms with Gasteiger partial charge in [0.25, 0.3) is 0 Å². The van der Waals surface area contributed by atoms with Gasteiger partial charge in [-0.25, -0.2) is 0 Å². The lowest BCUT2D eigenvalue weighted by Gasteiger charge is -2.60. The van der Waals surface area contributed by atoms with Crippen molar-refractivity contribution in [1.29, 1.82) is 0 Å². The minimum absolute atomic E-state index is 0.0457. The second kappa shape index (κ2) is 2.10. The van der Waals surface area contributed by atoms with E-state index in [0.717, 1.165) is 0 Å². The highest BCUT2D eigenvalue weighted by Crippen LogP contribution is 2.62. The average Bonchev–Trinajstić information content (AvgIpc) is 2.00. The Bertz CT molecular complexity index is 193. The van der Waals surface area contributed by atoms with Crippen LogP contribution in [0.2, 0.25) is 0 Å². The number of hydrogen-bond donors (Lipinski definition) is 1. The molecule has 0 bridgehead atoms. The molecule has 0 saturated heterocycles. The van der Waals surface area contributed by atoms with Crippen LogP contribution in [0.4, 0.5) is 0 Å². The lowest BCUT2D eigenvalue weighted by Crippen LogP contribution is -2.56. The Morgan fingerprint density at radius 3 is 2.09 bits per heavy atom. The summed E-state index contributed by atoms with van der Waals surface area (Å²) in [7, 11) is 0. The first-order valence-electron chi connectivity index (χ1n) is 4.18. The van der Waals surface area contributed by atoms with Gasteiger partial charge in [0, 0.05) is 12.0 Å². The maximum atomic E-state index is 9.23. The van der Waals surface area contributed by atoms with Crippen molar-refractivity contribution in [3.05, 3.63) is 12.2 Å². The fourth-order valence-electron chi connectivity index (χ4n) is 2.09. The number of hydrogen-bond acceptors (Lipinski definition) is 1. The largest absolute Gasteiger partial charge is 0.396 e. The highest BCUT2D eigenvalue weighted by atomic mass is 16.3. The van der Waals surface area contributed by atoms with E-state index in [1.165, 1.54) is 5.57 Å². The highest BCUT2D eigenvalue weighted by molar-refractivity contribution is 5.29. The zero-order chi connectivity index (χ0) is 8.86. The Labute approximate surface area is 69.1 Å². The van der Waals surface area contributed by atoms with Crippen molar-refractivity contribution in [2.24, 2.45) is 16.7 Å². The molecule has 1 fully saturated rings. The second-order valence-corrected chi connectivity index (χ2v) is 4.45. The fraction of sp³-hybridized carbons (Fsp3) is 0.800. The molecule has 11 heavy (non-hydrogen) atoms.